The number of nitrogens with two attached hydrogens (primary N) is 1. The van der Waals surface area contributed by atoms with Gasteiger partial charge in [0.25, 0.3) is 0 Å². The highest BCUT2D eigenvalue weighted by Gasteiger charge is 2.07. The molecule has 1 rings (SSSR count). The Kier molecular flexibility index (Phi) is 2.99. The standard InChI is InChI=1S/C10H10N2S/c1-3-13-10-8(6-11)7(2)4-5-9(10)12/h3-5H,1,12H2,2H3. The van der Waals surface area contributed by atoms with Crippen LogP contribution in [0, 0.1) is 18.3 Å². The quantitative estimate of drug-likeness (QED) is 0.576. The molecule has 0 atom stereocenters. The first-order chi connectivity index (χ1) is 6.20. The Labute approximate surface area is 82.1 Å². The molecule has 0 bridgehead atoms. The summed E-state index contributed by atoms with van der Waals surface area (Å²) >= 11 is 1.38. The van der Waals surface area contributed by atoms with E-state index in [1.807, 2.05) is 19.1 Å². The predicted octanol–water partition coefficient (Wildman–Crippen LogP) is 2.68. The summed E-state index contributed by atoms with van der Waals surface area (Å²) in [6.07, 6.45) is 0. The van der Waals surface area contributed by atoms with E-state index in [-0.39, 0.29) is 0 Å². The zero-order valence-electron chi connectivity index (χ0n) is 7.37. The number of anilines is 1. The molecule has 2 N–H and O–H groups in total. The van der Waals surface area contributed by atoms with E-state index in [1.165, 1.54) is 11.8 Å². The van der Waals surface area contributed by atoms with Crippen molar-refractivity contribution in [3.8, 4) is 6.07 Å². The molecule has 1 aromatic rings. The second-order valence-electron chi connectivity index (χ2n) is 2.57. The van der Waals surface area contributed by atoms with Gasteiger partial charge < -0.3 is 5.73 Å². The van der Waals surface area contributed by atoms with E-state index in [2.05, 4.69) is 12.6 Å². The number of rotatable bonds is 2. The molecule has 0 aliphatic heterocycles. The number of nitrogens with zero attached hydrogens (tertiary/aromatic N) is 1. The molecule has 0 fully saturated rings. The lowest BCUT2D eigenvalue weighted by atomic mass is 10.1. The van der Waals surface area contributed by atoms with Crippen LogP contribution in [0.25, 0.3) is 0 Å². The SMILES string of the molecule is C=CSc1c(N)ccc(C)c1C#N. The Bertz CT molecular complexity index is 377. The van der Waals surface area contributed by atoms with Crippen molar-refractivity contribution in [2.24, 2.45) is 0 Å². The molecule has 0 heterocycles. The highest BCUT2D eigenvalue weighted by Crippen LogP contribution is 2.30. The summed E-state index contributed by atoms with van der Waals surface area (Å²) in [5.41, 5.74) is 7.95. The fraction of sp³-hybridized carbons (Fsp3) is 0.100. The fourth-order valence-corrected chi connectivity index (χ4v) is 1.74. The molecular weight excluding hydrogens is 180 g/mol. The molecular formula is C10H10N2S. The topological polar surface area (TPSA) is 49.8 Å². The van der Waals surface area contributed by atoms with E-state index in [1.54, 1.807) is 5.41 Å². The van der Waals surface area contributed by atoms with Crippen molar-refractivity contribution in [1.29, 1.82) is 5.26 Å². The van der Waals surface area contributed by atoms with Crippen LogP contribution in [0.3, 0.4) is 0 Å². The summed E-state index contributed by atoms with van der Waals surface area (Å²) in [6.45, 7) is 5.49. The molecule has 13 heavy (non-hydrogen) atoms. The molecule has 0 radical (unpaired) electrons. The number of benzene rings is 1. The van der Waals surface area contributed by atoms with E-state index >= 15 is 0 Å². The summed E-state index contributed by atoms with van der Waals surface area (Å²) in [5, 5.41) is 10.6. The minimum atomic E-state index is 0.632. The van der Waals surface area contributed by atoms with Gasteiger partial charge in [0.2, 0.25) is 0 Å². The fourth-order valence-electron chi connectivity index (χ4n) is 1.05. The second-order valence-corrected chi connectivity index (χ2v) is 3.55. The van der Waals surface area contributed by atoms with Crippen LogP contribution in [0.2, 0.25) is 0 Å². The number of nitriles is 1. The van der Waals surface area contributed by atoms with E-state index in [9.17, 15) is 0 Å². The van der Waals surface area contributed by atoms with Crippen LogP contribution in [0.4, 0.5) is 5.69 Å². The lowest BCUT2D eigenvalue weighted by molar-refractivity contribution is 1.30. The predicted molar refractivity (Wildman–Crippen MR) is 56.4 cm³/mol. The van der Waals surface area contributed by atoms with Crippen LogP contribution in [0.1, 0.15) is 11.1 Å². The number of thioether (sulfide) groups is 1. The summed E-state index contributed by atoms with van der Waals surface area (Å²) in [5.74, 6) is 0. The zero-order valence-corrected chi connectivity index (χ0v) is 8.19. The molecule has 0 spiro atoms. The van der Waals surface area contributed by atoms with Crippen molar-refractivity contribution in [2.45, 2.75) is 11.8 Å². The van der Waals surface area contributed by atoms with Gasteiger partial charge in [-0.15, -0.1) is 0 Å². The van der Waals surface area contributed by atoms with Crippen LogP contribution in [-0.4, -0.2) is 0 Å². The number of aryl methyl sites for hydroxylation is 1. The average Bonchev–Trinajstić information content (AvgIpc) is 2.12. The van der Waals surface area contributed by atoms with Gasteiger partial charge in [0, 0.05) is 5.69 Å². The van der Waals surface area contributed by atoms with Gasteiger partial charge in [-0.1, -0.05) is 24.4 Å². The van der Waals surface area contributed by atoms with Gasteiger partial charge in [-0.3, -0.25) is 0 Å². The van der Waals surface area contributed by atoms with Crippen molar-refractivity contribution in [3.05, 3.63) is 35.2 Å². The van der Waals surface area contributed by atoms with Gasteiger partial charge in [-0.05, 0) is 24.0 Å². The van der Waals surface area contributed by atoms with Crippen molar-refractivity contribution < 1.29 is 0 Å². The van der Waals surface area contributed by atoms with Crippen LogP contribution in [0.5, 0.6) is 0 Å². The van der Waals surface area contributed by atoms with Crippen molar-refractivity contribution in [3.63, 3.8) is 0 Å². The smallest absolute Gasteiger partial charge is 0.101 e. The van der Waals surface area contributed by atoms with Crippen molar-refractivity contribution in [1.82, 2.24) is 0 Å². The first kappa shape index (κ1) is 9.69. The highest BCUT2D eigenvalue weighted by atomic mass is 32.2. The molecule has 0 amide bonds. The van der Waals surface area contributed by atoms with E-state index in [4.69, 9.17) is 11.0 Å². The molecule has 0 aliphatic rings. The Morgan fingerprint density at radius 3 is 2.85 bits per heavy atom. The third kappa shape index (κ3) is 1.85. The third-order valence-corrected chi connectivity index (χ3v) is 2.55. The van der Waals surface area contributed by atoms with E-state index < -0.39 is 0 Å². The Morgan fingerprint density at radius 2 is 2.31 bits per heavy atom. The Morgan fingerprint density at radius 1 is 1.62 bits per heavy atom. The van der Waals surface area contributed by atoms with E-state index in [0.717, 1.165) is 10.5 Å². The van der Waals surface area contributed by atoms with Crippen molar-refractivity contribution in [2.75, 3.05) is 5.73 Å². The second kappa shape index (κ2) is 4.01. The molecule has 0 aromatic heterocycles. The first-order valence-electron chi connectivity index (χ1n) is 3.77. The molecule has 0 unspecified atom stereocenters. The Hall–Kier alpha value is -1.40. The largest absolute Gasteiger partial charge is 0.398 e. The van der Waals surface area contributed by atoms with E-state index in [0.29, 0.717) is 11.3 Å². The maximum atomic E-state index is 8.90. The minimum Gasteiger partial charge on any atom is -0.398 e. The van der Waals surface area contributed by atoms with Gasteiger partial charge in [0.05, 0.1) is 10.5 Å². The van der Waals surface area contributed by atoms with Crippen LogP contribution in [0.15, 0.2) is 29.0 Å². The molecule has 66 valence electrons. The normalized spacial score (nSPS) is 9.23. The zero-order chi connectivity index (χ0) is 9.84. The van der Waals surface area contributed by atoms with Gasteiger partial charge in [0.1, 0.15) is 6.07 Å². The molecule has 0 aliphatic carbocycles. The average molecular weight is 190 g/mol. The van der Waals surface area contributed by atoms with Gasteiger partial charge in [0.15, 0.2) is 0 Å². The van der Waals surface area contributed by atoms with Crippen LogP contribution in [-0.2, 0) is 0 Å². The maximum Gasteiger partial charge on any atom is 0.101 e. The van der Waals surface area contributed by atoms with Gasteiger partial charge in [-0.2, -0.15) is 5.26 Å². The lowest BCUT2D eigenvalue weighted by Crippen LogP contribution is -1.93. The number of hydrogen-bond acceptors (Lipinski definition) is 3. The lowest BCUT2D eigenvalue weighted by Gasteiger charge is -2.06. The van der Waals surface area contributed by atoms with Gasteiger partial charge in [-0.25, -0.2) is 0 Å². The highest BCUT2D eigenvalue weighted by molar-refractivity contribution is 8.02. The molecule has 3 heteroatoms. The summed E-state index contributed by atoms with van der Waals surface area (Å²) < 4.78 is 0. The number of hydrogen-bond donors (Lipinski definition) is 1. The van der Waals surface area contributed by atoms with Crippen LogP contribution >= 0.6 is 11.8 Å². The molecule has 0 saturated heterocycles. The number of nitrogen functional groups attached to an aromatic ring is 1. The molecule has 0 saturated carbocycles. The molecule has 2 nitrogen and oxygen atoms in total. The van der Waals surface area contributed by atoms with Crippen LogP contribution < -0.4 is 5.73 Å². The summed E-state index contributed by atoms with van der Waals surface area (Å²) in [7, 11) is 0. The monoisotopic (exact) mass is 190 g/mol. The maximum absolute atomic E-state index is 8.90. The first-order valence-corrected chi connectivity index (χ1v) is 4.65. The minimum absolute atomic E-state index is 0.632. The molecule has 1 aromatic carbocycles. The Balaban J connectivity index is 3.36. The van der Waals surface area contributed by atoms with Gasteiger partial charge >= 0.3 is 0 Å². The third-order valence-electron chi connectivity index (χ3n) is 1.71. The summed E-state index contributed by atoms with van der Waals surface area (Å²) in [6, 6.07) is 5.80. The van der Waals surface area contributed by atoms with Crippen molar-refractivity contribution >= 4 is 17.4 Å². The summed E-state index contributed by atoms with van der Waals surface area (Å²) in [4.78, 5) is 0.803.